The number of carbonyl (C=O) groups is 2. The van der Waals surface area contributed by atoms with E-state index in [1.165, 1.54) is 6.08 Å². The lowest BCUT2D eigenvalue weighted by molar-refractivity contribution is -0.140. The van der Waals surface area contributed by atoms with Crippen molar-refractivity contribution in [3.8, 4) is 0 Å². The zero-order chi connectivity index (χ0) is 14.8. The van der Waals surface area contributed by atoms with E-state index in [-0.39, 0.29) is 17.3 Å². The molecule has 1 saturated carbocycles. The number of carboxylic acid groups (broad SMARTS) is 1. The Morgan fingerprint density at radius 3 is 2.32 bits per heavy atom. The van der Waals surface area contributed by atoms with E-state index in [0.29, 0.717) is 18.4 Å². The van der Waals surface area contributed by atoms with Crippen LogP contribution in [0.3, 0.4) is 0 Å². The third kappa shape index (κ3) is 3.82. The van der Waals surface area contributed by atoms with Gasteiger partial charge in [-0.1, -0.05) is 40.7 Å². The van der Waals surface area contributed by atoms with Crippen molar-refractivity contribution in [3.63, 3.8) is 0 Å². The molecule has 1 fully saturated rings. The molecular formula is C15H24O4. The monoisotopic (exact) mass is 268 g/mol. The maximum atomic E-state index is 11.5. The van der Waals surface area contributed by atoms with Crippen LogP contribution in [0.5, 0.6) is 0 Å². The summed E-state index contributed by atoms with van der Waals surface area (Å²) in [6.07, 6.45) is 3.03. The summed E-state index contributed by atoms with van der Waals surface area (Å²) >= 11 is 0. The molecule has 1 unspecified atom stereocenters. The Kier molecular flexibility index (Phi) is 4.77. The Balaban J connectivity index is 2.42. The Hall–Kier alpha value is -1.32. The number of ether oxygens (including phenoxy) is 1. The first-order valence-corrected chi connectivity index (χ1v) is 6.75. The molecule has 0 bridgehead atoms. The topological polar surface area (TPSA) is 63.6 Å². The summed E-state index contributed by atoms with van der Waals surface area (Å²) in [4.78, 5) is 22.5. The molecule has 0 aromatic heterocycles. The highest BCUT2D eigenvalue weighted by Crippen LogP contribution is 2.58. The normalized spacial score (nSPS) is 26.4. The third-order valence-corrected chi connectivity index (χ3v) is 4.24. The first-order valence-electron chi connectivity index (χ1n) is 6.75. The van der Waals surface area contributed by atoms with Crippen LogP contribution >= 0.6 is 0 Å². The van der Waals surface area contributed by atoms with E-state index in [1.807, 2.05) is 20.8 Å². The lowest BCUT2D eigenvalue weighted by atomic mass is 9.99. The smallest absolute Gasteiger partial charge is 0.330 e. The van der Waals surface area contributed by atoms with Gasteiger partial charge in [-0.2, -0.15) is 0 Å². The molecule has 0 aromatic carbocycles. The summed E-state index contributed by atoms with van der Waals surface area (Å²) in [5, 5.41) is 9.01. The molecular weight excluding hydrogens is 244 g/mol. The Morgan fingerprint density at radius 2 is 1.89 bits per heavy atom. The molecule has 0 saturated heterocycles. The summed E-state index contributed by atoms with van der Waals surface area (Å²) in [6.45, 7) is 10.4. The fraction of sp³-hybridized carbons (Fsp3) is 0.733. The molecule has 0 aliphatic heterocycles. The van der Waals surface area contributed by atoms with Gasteiger partial charge in [-0.3, -0.25) is 4.79 Å². The number of rotatable bonds is 6. The average Bonchev–Trinajstić information content (AvgIpc) is 2.85. The second-order valence-corrected chi connectivity index (χ2v) is 6.37. The van der Waals surface area contributed by atoms with Crippen LogP contribution < -0.4 is 0 Å². The van der Waals surface area contributed by atoms with Gasteiger partial charge in [0.25, 0.3) is 0 Å². The summed E-state index contributed by atoms with van der Waals surface area (Å²) in [7, 11) is 0. The molecule has 0 radical (unpaired) electrons. The van der Waals surface area contributed by atoms with Gasteiger partial charge in [0.1, 0.15) is 0 Å². The highest BCUT2D eigenvalue weighted by molar-refractivity contribution is 5.83. The number of carbonyl (C=O) groups excluding carboxylic acids is 1. The molecule has 1 aliphatic rings. The molecule has 4 nitrogen and oxygen atoms in total. The minimum Gasteiger partial charge on any atom is -0.481 e. The molecule has 19 heavy (non-hydrogen) atoms. The van der Waals surface area contributed by atoms with E-state index in [1.54, 1.807) is 6.08 Å². The second kappa shape index (κ2) is 5.76. The summed E-state index contributed by atoms with van der Waals surface area (Å²) in [5.41, 5.74) is -0.270. The fourth-order valence-electron chi connectivity index (χ4n) is 2.14. The van der Waals surface area contributed by atoms with Crippen LogP contribution in [0.2, 0.25) is 0 Å². The standard InChI is InChI=1S/C15H24O4/c1-9(2)10(3)8-19-12(16)7-6-11-13(14(17)18)15(11,4)5/h6-7,9-11,13H,8H2,1-5H3,(H,17,18)/t10?,11-,13-/m0/s1. The zero-order valence-corrected chi connectivity index (χ0v) is 12.3. The molecule has 3 atom stereocenters. The maximum Gasteiger partial charge on any atom is 0.330 e. The van der Waals surface area contributed by atoms with Gasteiger partial charge >= 0.3 is 11.9 Å². The predicted molar refractivity (Wildman–Crippen MR) is 72.5 cm³/mol. The van der Waals surface area contributed by atoms with Crippen LogP contribution in [0.4, 0.5) is 0 Å². The zero-order valence-electron chi connectivity index (χ0n) is 12.3. The summed E-state index contributed by atoms with van der Waals surface area (Å²) in [6, 6.07) is 0. The van der Waals surface area contributed by atoms with Crippen LogP contribution in [-0.4, -0.2) is 23.7 Å². The number of hydrogen-bond acceptors (Lipinski definition) is 3. The molecule has 0 aromatic rings. The fourth-order valence-corrected chi connectivity index (χ4v) is 2.14. The van der Waals surface area contributed by atoms with Crippen molar-refractivity contribution in [3.05, 3.63) is 12.2 Å². The van der Waals surface area contributed by atoms with Crippen molar-refractivity contribution >= 4 is 11.9 Å². The average molecular weight is 268 g/mol. The largest absolute Gasteiger partial charge is 0.481 e. The molecule has 108 valence electrons. The number of aliphatic carboxylic acids is 1. The van der Waals surface area contributed by atoms with Crippen molar-refractivity contribution in [2.75, 3.05) is 6.61 Å². The van der Waals surface area contributed by atoms with E-state index in [0.717, 1.165) is 0 Å². The van der Waals surface area contributed by atoms with E-state index in [2.05, 4.69) is 13.8 Å². The third-order valence-electron chi connectivity index (χ3n) is 4.24. The lowest BCUT2D eigenvalue weighted by Gasteiger charge is -2.14. The lowest BCUT2D eigenvalue weighted by Crippen LogP contribution is -2.14. The Labute approximate surface area is 114 Å². The number of hydrogen-bond donors (Lipinski definition) is 1. The molecule has 1 N–H and O–H groups in total. The van der Waals surface area contributed by atoms with Crippen molar-refractivity contribution in [1.82, 2.24) is 0 Å². The minimum atomic E-state index is -0.804. The van der Waals surface area contributed by atoms with Gasteiger partial charge in [-0.25, -0.2) is 4.79 Å². The molecule has 0 amide bonds. The Morgan fingerprint density at radius 1 is 1.32 bits per heavy atom. The molecule has 0 spiro atoms. The summed E-state index contributed by atoms with van der Waals surface area (Å²) in [5.74, 6) is -0.885. The van der Waals surface area contributed by atoms with Gasteiger partial charge < -0.3 is 9.84 Å². The Bertz CT molecular complexity index is 382. The van der Waals surface area contributed by atoms with Crippen LogP contribution in [-0.2, 0) is 14.3 Å². The van der Waals surface area contributed by atoms with Gasteiger partial charge in [-0.05, 0) is 23.2 Å². The maximum absolute atomic E-state index is 11.5. The quantitative estimate of drug-likeness (QED) is 0.594. The first kappa shape index (κ1) is 15.7. The van der Waals surface area contributed by atoms with Crippen LogP contribution in [0.15, 0.2) is 12.2 Å². The van der Waals surface area contributed by atoms with Gasteiger partial charge in [0.15, 0.2) is 0 Å². The van der Waals surface area contributed by atoms with E-state index < -0.39 is 11.9 Å². The van der Waals surface area contributed by atoms with Crippen molar-refractivity contribution in [2.45, 2.75) is 34.6 Å². The summed E-state index contributed by atoms with van der Waals surface area (Å²) < 4.78 is 5.13. The van der Waals surface area contributed by atoms with Crippen LogP contribution in [0.25, 0.3) is 0 Å². The van der Waals surface area contributed by atoms with Crippen LogP contribution in [0.1, 0.15) is 34.6 Å². The van der Waals surface area contributed by atoms with E-state index in [9.17, 15) is 9.59 Å². The van der Waals surface area contributed by atoms with E-state index in [4.69, 9.17) is 9.84 Å². The molecule has 0 heterocycles. The number of allylic oxidation sites excluding steroid dienone is 1. The highest BCUT2D eigenvalue weighted by Gasteiger charge is 2.60. The van der Waals surface area contributed by atoms with Gasteiger partial charge in [0.05, 0.1) is 12.5 Å². The second-order valence-electron chi connectivity index (χ2n) is 6.37. The van der Waals surface area contributed by atoms with Gasteiger partial charge in [0, 0.05) is 6.08 Å². The van der Waals surface area contributed by atoms with Crippen molar-refractivity contribution < 1.29 is 19.4 Å². The molecule has 1 aliphatic carbocycles. The van der Waals surface area contributed by atoms with Gasteiger partial charge in [0.2, 0.25) is 0 Å². The number of carboxylic acids is 1. The first-order chi connectivity index (χ1) is 8.67. The molecule has 1 rings (SSSR count). The van der Waals surface area contributed by atoms with Crippen molar-refractivity contribution in [2.24, 2.45) is 29.1 Å². The van der Waals surface area contributed by atoms with Gasteiger partial charge in [-0.15, -0.1) is 0 Å². The minimum absolute atomic E-state index is 0.0833. The van der Waals surface area contributed by atoms with Crippen LogP contribution in [0, 0.1) is 29.1 Å². The van der Waals surface area contributed by atoms with E-state index >= 15 is 0 Å². The number of esters is 1. The van der Waals surface area contributed by atoms with Crippen molar-refractivity contribution in [1.29, 1.82) is 0 Å². The molecule has 4 heteroatoms. The SMILES string of the molecule is CC(C)C(C)COC(=O)C=C[C@H]1[C@@H](C(=O)O)C1(C)C. The predicted octanol–water partition coefficient (Wildman–Crippen LogP) is 2.73. The highest BCUT2D eigenvalue weighted by atomic mass is 16.5.